The molecule has 0 amide bonds. The van der Waals surface area contributed by atoms with Crippen molar-refractivity contribution in [3.8, 4) is 0 Å². The van der Waals surface area contributed by atoms with Gasteiger partial charge in [0, 0.05) is 10.0 Å². The van der Waals surface area contributed by atoms with E-state index in [4.69, 9.17) is 4.42 Å². The zero-order valence-electron chi connectivity index (χ0n) is 9.58. The van der Waals surface area contributed by atoms with Crippen LogP contribution in [-0.2, 0) is 0 Å². The third kappa shape index (κ3) is 3.38. The van der Waals surface area contributed by atoms with E-state index in [0.717, 1.165) is 4.47 Å². The Morgan fingerprint density at radius 1 is 1.32 bits per heavy atom. The Labute approximate surface area is 116 Å². The molecule has 1 aromatic heterocycles. The summed E-state index contributed by atoms with van der Waals surface area (Å²) in [7, 11) is 0. The largest absolute Gasteiger partial charge is 0.433 e. The van der Waals surface area contributed by atoms with E-state index in [-0.39, 0.29) is 17.4 Å². The number of benzene rings is 1. The van der Waals surface area contributed by atoms with Crippen LogP contribution >= 0.6 is 15.9 Å². The SMILES string of the molecule is O=C(/C=C/c1ccc([N+](=O)[O-])o1)c1cccc(Br)c1. The van der Waals surface area contributed by atoms with Gasteiger partial charge in [-0.2, -0.15) is 0 Å². The number of hydrogen-bond acceptors (Lipinski definition) is 4. The molecular formula is C13H8BrNO4. The average molecular weight is 322 g/mol. The minimum absolute atomic E-state index is 0.208. The molecule has 6 heteroatoms. The fourth-order valence-corrected chi connectivity index (χ4v) is 1.82. The first-order valence-electron chi connectivity index (χ1n) is 5.28. The first-order chi connectivity index (χ1) is 9.06. The van der Waals surface area contributed by atoms with Crippen LogP contribution in [0.25, 0.3) is 6.08 Å². The normalized spacial score (nSPS) is 10.8. The number of carbonyl (C=O) groups is 1. The summed E-state index contributed by atoms with van der Waals surface area (Å²) in [6.45, 7) is 0. The van der Waals surface area contributed by atoms with Crippen LogP contribution in [0.2, 0.25) is 0 Å². The maximum Gasteiger partial charge on any atom is 0.433 e. The molecule has 0 N–H and O–H groups in total. The zero-order valence-corrected chi connectivity index (χ0v) is 11.2. The lowest BCUT2D eigenvalue weighted by atomic mass is 10.1. The highest BCUT2D eigenvalue weighted by atomic mass is 79.9. The lowest BCUT2D eigenvalue weighted by molar-refractivity contribution is -0.402. The van der Waals surface area contributed by atoms with Crippen molar-refractivity contribution in [2.75, 3.05) is 0 Å². The standard InChI is InChI=1S/C13H8BrNO4/c14-10-3-1-2-9(8-10)12(16)6-4-11-5-7-13(19-11)15(17)18/h1-8H/b6-4+. The molecule has 19 heavy (non-hydrogen) atoms. The van der Waals surface area contributed by atoms with E-state index in [1.54, 1.807) is 18.2 Å². The van der Waals surface area contributed by atoms with Crippen LogP contribution in [0.3, 0.4) is 0 Å². The van der Waals surface area contributed by atoms with E-state index >= 15 is 0 Å². The zero-order chi connectivity index (χ0) is 13.8. The minimum Gasteiger partial charge on any atom is -0.401 e. The number of allylic oxidation sites excluding steroid dienone is 1. The van der Waals surface area contributed by atoms with Crippen molar-refractivity contribution in [1.82, 2.24) is 0 Å². The molecule has 0 aliphatic carbocycles. The second-order valence-corrected chi connectivity index (χ2v) is 4.56. The van der Waals surface area contributed by atoms with E-state index in [0.29, 0.717) is 5.56 Å². The molecule has 5 nitrogen and oxygen atoms in total. The number of rotatable bonds is 4. The highest BCUT2D eigenvalue weighted by molar-refractivity contribution is 9.10. The van der Waals surface area contributed by atoms with Gasteiger partial charge in [0.2, 0.25) is 0 Å². The lowest BCUT2D eigenvalue weighted by Crippen LogP contribution is -1.93. The molecule has 0 saturated carbocycles. The van der Waals surface area contributed by atoms with Gasteiger partial charge in [0.1, 0.15) is 10.7 Å². The first-order valence-corrected chi connectivity index (χ1v) is 6.08. The summed E-state index contributed by atoms with van der Waals surface area (Å²) < 4.78 is 5.71. The summed E-state index contributed by atoms with van der Waals surface area (Å²) in [4.78, 5) is 21.6. The number of halogens is 1. The fourth-order valence-electron chi connectivity index (χ4n) is 1.43. The first kappa shape index (κ1) is 13.2. The second-order valence-electron chi connectivity index (χ2n) is 3.64. The Bertz CT molecular complexity index is 660. The molecule has 1 heterocycles. The molecule has 0 saturated heterocycles. The Morgan fingerprint density at radius 3 is 2.74 bits per heavy atom. The Morgan fingerprint density at radius 2 is 2.11 bits per heavy atom. The van der Waals surface area contributed by atoms with E-state index in [1.807, 2.05) is 6.07 Å². The number of carbonyl (C=O) groups excluding carboxylic acids is 1. The van der Waals surface area contributed by atoms with Crippen molar-refractivity contribution in [3.63, 3.8) is 0 Å². The van der Waals surface area contributed by atoms with E-state index in [9.17, 15) is 14.9 Å². The van der Waals surface area contributed by atoms with Gasteiger partial charge in [-0.25, -0.2) is 0 Å². The third-order valence-corrected chi connectivity index (χ3v) is 2.79. The summed E-state index contributed by atoms with van der Waals surface area (Å²) in [6.07, 6.45) is 2.71. The summed E-state index contributed by atoms with van der Waals surface area (Å²) >= 11 is 3.28. The number of hydrogen-bond donors (Lipinski definition) is 0. The van der Waals surface area contributed by atoms with Gasteiger partial charge in [0.25, 0.3) is 0 Å². The van der Waals surface area contributed by atoms with Gasteiger partial charge in [-0.05, 0) is 30.4 Å². The molecule has 0 aliphatic rings. The second kappa shape index (κ2) is 5.62. The number of ketones is 1. The van der Waals surface area contributed by atoms with Crippen LogP contribution in [-0.4, -0.2) is 10.7 Å². The van der Waals surface area contributed by atoms with Gasteiger partial charge >= 0.3 is 5.88 Å². The number of nitrogens with zero attached hydrogens (tertiary/aromatic N) is 1. The molecule has 0 fully saturated rings. The Kier molecular flexibility index (Phi) is 3.91. The van der Waals surface area contributed by atoms with Gasteiger partial charge < -0.3 is 4.42 Å². The molecule has 96 valence electrons. The summed E-state index contributed by atoms with van der Waals surface area (Å²) in [5.41, 5.74) is 0.520. The molecule has 1 aromatic carbocycles. The third-order valence-electron chi connectivity index (χ3n) is 2.30. The molecule has 0 unspecified atom stereocenters. The smallest absolute Gasteiger partial charge is 0.401 e. The predicted octanol–water partition coefficient (Wildman–Crippen LogP) is 3.85. The molecular weight excluding hydrogens is 314 g/mol. The van der Waals surface area contributed by atoms with Crippen molar-refractivity contribution in [1.29, 1.82) is 0 Å². The molecule has 0 radical (unpaired) electrons. The topological polar surface area (TPSA) is 73.3 Å². The van der Waals surface area contributed by atoms with Crippen LogP contribution in [0.4, 0.5) is 5.88 Å². The molecule has 0 atom stereocenters. The van der Waals surface area contributed by atoms with E-state index in [1.165, 1.54) is 24.3 Å². The predicted molar refractivity (Wildman–Crippen MR) is 72.9 cm³/mol. The van der Waals surface area contributed by atoms with Crippen molar-refractivity contribution in [2.24, 2.45) is 0 Å². The van der Waals surface area contributed by atoms with Crippen molar-refractivity contribution in [2.45, 2.75) is 0 Å². The van der Waals surface area contributed by atoms with E-state index < -0.39 is 4.92 Å². The minimum atomic E-state index is -0.631. The molecule has 0 aliphatic heterocycles. The van der Waals surface area contributed by atoms with Crippen LogP contribution in [0, 0.1) is 10.1 Å². The van der Waals surface area contributed by atoms with Crippen LogP contribution in [0.5, 0.6) is 0 Å². The van der Waals surface area contributed by atoms with Crippen LogP contribution in [0.1, 0.15) is 16.1 Å². The monoisotopic (exact) mass is 321 g/mol. The van der Waals surface area contributed by atoms with Crippen molar-refractivity contribution in [3.05, 3.63) is 68.4 Å². The van der Waals surface area contributed by atoms with Gasteiger partial charge in [-0.1, -0.05) is 28.1 Å². The molecule has 0 bridgehead atoms. The highest BCUT2D eigenvalue weighted by Crippen LogP contribution is 2.17. The van der Waals surface area contributed by atoms with Gasteiger partial charge in [-0.3, -0.25) is 14.9 Å². The molecule has 2 aromatic rings. The van der Waals surface area contributed by atoms with Crippen LogP contribution < -0.4 is 0 Å². The number of nitro groups is 1. The van der Waals surface area contributed by atoms with Crippen molar-refractivity contribution < 1.29 is 14.1 Å². The molecule has 2 rings (SSSR count). The van der Waals surface area contributed by atoms with Gasteiger partial charge in [0.15, 0.2) is 5.78 Å². The lowest BCUT2D eigenvalue weighted by Gasteiger charge is -1.95. The van der Waals surface area contributed by atoms with Gasteiger partial charge in [0.05, 0.1) is 6.07 Å². The molecule has 0 spiro atoms. The van der Waals surface area contributed by atoms with Gasteiger partial charge in [-0.15, -0.1) is 0 Å². The fraction of sp³-hybridized carbons (Fsp3) is 0. The highest BCUT2D eigenvalue weighted by Gasteiger charge is 2.10. The maximum absolute atomic E-state index is 11.8. The quantitative estimate of drug-likeness (QED) is 0.371. The summed E-state index contributed by atoms with van der Waals surface area (Å²) in [6, 6.07) is 9.62. The number of furan rings is 1. The van der Waals surface area contributed by atoms with Crippen LogP contribution in [0.15, 0.2) is 51.4 Å². The van der Waals surface area contributed by atoms with Crippen molar-refractivity contribution >= 4 is 33.7 Å². The Balaban J connectivity index is 2.13. The summed E-state index contributed by atoms with van der Waals surface area (Å²) in [5.74, 6) is -0.301. The van der Waals surface area contributed by atoms with E-state index in [2.05, 4.69) is 15.9 Å². The summed E-state index contributed by atoms with van der Waals surface area (Å²) in [5, 5.41) is 10.4. The average Bonchev–Trinajstić information content (AvgIpc) is 2.85. The maximum atomic E-state index is 11.8. The Hall–Kier alpha value is -2.21.